The molecule has 1 aromatic rings. The summed E-state index contributed by atoms with van der Waals surface area (Å²) in [6.07, 6.45) is 5.07. The Bertz CT molecular complexity index is 400. The lowest BCUT2D eigenvalue weighted by Crippen LogP contribution is -2.24. The van der Waals surface area contributed by atoms with Gasteiger partial charge in [-0.2, -0.15) is 0 Å². The lowest BCUT2D eigenvalue weighted by Gasteiger charge is -2.09. The van der Waals surface area contributed by atoms with Gasteiger partial charge in [-0.3, -0.25) is 0 Å². The van der Waals surface area contributed by atoms with Gasteiger partial charge in [0.15, 0.2) is 0 Å². The largest absolute Gasteiger partial charge is 0.311 e. The Labute approximate surface area is 105 Å². The van der Waals surface area contributed by atoms with E-state index in [1.165, 1.54) is 29.5 Å². The third kappa shape index (κ3) is 3.71. The Kier molecular flexibility index (Phi) is 4.01. The van der Waals surface area contributed by atoms with Crippen molar-refractivity contribution in [3.05, 3.63) is 41.0 Å². The quantitative estimate of drug-likeness (QED) is 0.805. The highest BCUT2D eigenvalue weighted by Gasteiger charge is 2.24. The second-order valence-electron chi connectivity index (χ2n) is 5.43. The van der Waals surface area contributed by atoms with Crippen LogP contribution in [0.3, 0.4) is 0 Å². The van der Waals surface area contributed by atoms with Crippen molar-refractivity contribution in [1.82, 2.24) is 5.32 Å². The molecule has 1 nitrogen and oxygen atoms in total. The maximum atomic E-state index is 3.46. The second-order valence-corrected chi connectivity index (χ2v) is 5.43. The van der Waals surface area contributed by atoms with Crippen LogP contribution >= 0.6 is 0 Å². The smallest absolute Gasteiger partial charge is 0.0167 e. The topological polar surface area (TPSA) is 12.0 Å². The van der Waals surface area contributed by atoms with E-state index in [0.717, 1.165) is 12.5 Å². The first-order valence-corrected chi connectivity index (χ1v) is 6.66. The van der Waals surface area contributed by atoms with E-state index in [9.17, 15) is 0 Å². The van der Waals surface area contributed by atoms with Crippen molar-refractivity contribution in [2.45, 2.75) is 45.6 Å². The number of nitrogens with one attached hydrogen (secondary N) is 1. The number of hydrogen-bond acceptors (Lipinski definition) is 1. The van der Waals surface area contributed by atoms with Gasteiger partial charge in [0.1, 0.15) is 0 Å². The summed E-state index contributed by atoms with van der Waals surface area (Å²) >= 11 is 0. The predicted octanol–water partition coefficient (Wildman–Crippen LogP) is 3.97. The highest BCUT2D eigenvalue weighted by molar-refractivity contribution is 5.58. The summed E-state index contributed by atoms with van der Waals surface area (Å²) in [7, 11) is 0. The second kappa shape index (κ2) is 5.50. The monoisotopic (exact) mass is 229 g/mol. The van der Waals surface area contributed by atoms with E-state index in [-0.39, 0.29) is 0 Å². The fourth-order valence-corrected chi connectivity index (χ4v) is 2.09. The summed E-state index contributed by atoms with van der Waals surface area (Å²) in [5.41, 5.74) is 4.36. The van der Waals surface area contributed by atoms with E-state index >= 15 is 0 Å². The molecule has 1 fully saturated rings. The fraction of sp³-hybridized carbons (Fsp3) is 0.500. The molecule has 1 heteroatoms. The average molecular weight is 229 g/mol. The molecule has 0 aliphatic heterocycles. The van der Waals surface area contributed by atoms with Crippen LogP contribution < -0.4 is 5.32 Å². The first kappa shape index (κ1) is 12.4. The van der Waals surface area contributed by atoms with E-state index in [1.807, 2.05) is 0 Å². The molecule has 0 saturated heterocycles. The van der Waals surface area contributed by atoms with E-state index in [1.54, 1.807) is 0 Å². The van der Waals surface area contributed by atoms with Crippen LogP contribution in [0, 0.1) is 0 Å². The Morgan fingerprint density at radius 2 is 2.06 bits per heavy atom. The minimum atomic E-state index is 0.553. The minimum absolute atomic E-state index is 0.553. The van der Waals surface area contributed by atoms with Gasteiger partial charge in [0.2, 0.25) is 0 Å². The standard InChI is InChI=1S/C16H23N/c1-12(2)17-11-13(3)10-15-6-4-5-7-16(15)14-8-9-14/h4-7,10,12,14,17H,8-9,11H2,1-3H3. The van der Waals surface area contributed by atoms with Crippen LogP contribution in [0.5, 0.6) is 0 Å². The van der Waals surface area contributed by atoms with E-state index in [0.29, 0.717) is 6.04 Å². The predicted molar refractivity (Wildman–Crippen MR) is 75.2 cm³/mol. The lowest BCUT2D eigenvalue weighted by molar-refractivity contribution is 0.623. The van der Waals surface area contributed by atoms with Crippen molar-refractivity contribution in [1.29, 1.82) is 0 Å². The van der Waals surface area contributed by atoms with Crippen LogP contribution in [0.1, 0.15) is 50.7 Å². The molecule has 0 spiro atoms. The van der Waals surface area contributed by atoms with E-state index < -0.39 is 0 Å². The zero-order valence-corrected chi connectivity index (χ0v) is 11.2. The lowest BCUT2D eigenvalue weighted by atomic mass is 10.0. The molecule has 0 radical (unpaired) electrons. The van der Waals surface area contributed by atoms with Gasteiger partial charge in [0.25, 0.3) is 0 Å². The highest BCUT2D eigenvalue weighted by atomic mass is 14.9. The summed E-state index contributed by atoms with van der Waals surface area (Å²) in [5, 5.41) is 3.46. The van der Waals surface area contributed by atoms with Crippen molar-refractivity contribution in [2.24, 2.45) is 0 Å². The zero-order chi connectivity index (χ0) is 12.3. The maximum absolute atomic E-state index is 3.46. The minimum Gasteiger partial charge on any atom is -0.311 e. The highest BCUT2D eigenvalue weighted by Crippen LogP contribution is 2.41. The molecule has 1 aromatic carbocycles. The van der Waals surface area contributed by atoms with Gasteiger partial charge in [0.05, 0.1) is 0 Å². The van der Waals surface area contributed by atoms with Crippen molar-refractivity contribution < 1.29 is 0 Å². The Morgan fingerprint density at radius 1 is 1.35 bits per heavy atom. The van der Waals surface area contributed by atoms with Crippen LogP contribution in [-0.4, -0.2) is 12.6 Å². The molecule has 0 bridgehead atoms. The van der Waals surface area contributed by atoms with Crippen molar-refractivity contribution in [2.75, 3.05) is 6.54 Å². The molecule has 2 rings (SSSR count). The Morgan fingerprint density at radius 3 is 2.71 bits per heavy atom. The first-order chi connectivity index (χ1) is 8.16. The SMILES string of the molecule is CC(=Cc1ccccc1C1CC1)CNC(C)C. The summed E-state index contributed by atoms with van der Waals surface area (Å²) < 4.78 is 0. The molecular formula is C16H23N. The number of rotatable bonds is 5. The Balaban J connectivity index is 2.08. The molecular weight excluding hydrogens is 206 g/mol. The summed E-state index contributed by atoms with van der Waals surface area (Å²) in [6, 6.07) is 9.38. The van der Waals surface area contributed by atoms with Gasteiger partial charge in [-0.15, -0.1) is 0 Å². The van der Waals surface area contributed by atoms with Crippen LogP contribution in [0.25, 0.3) is 6.08 Å². The molecule has 1 saturated carbocycles. The van der Waals surface area contributed by atoms with Crippen molar-refractivity contribution in [3.8, 4) is 0 Å². The van der Waals surface area contributed by atoms with Crippen LogP contribution in [0.15, 0.2) is 29.8 Å². The van der Waals surface area contributed by atoms with Gasteiger partial charge < -0.3 is 5.32 Å². The summed E-state index contributed by atoms with van der Waals surface area (Å²) in [5.74, 6) is 0.827. The summed E-state index contributed by atoms with van der Waals surface area (Å²) in [4.78, 5) is 0. The molecule has 1 aliphatic carbocycles. The Hall–Kier alpha value is -1.08. The summed E-state index contributed by atoms with van der Waals surface area (Å²) in [6.45, 7) is 7.56. The van der Waals surface area contributed by atoms with Gasteiger partial charge in [-0.25, -0.2) is 0 Å². The molecule has 17 heavy (non-hydrogen) atoms. The average Bonchev–Trinajstić information content (AvgIpc) is 3.11. The third-order valence-electron chi connectivity index (χ3n) is 3.20. The van der Waals surface area contributed by atoms with Gasteiger partial charge in [-0.05, 0) is 36.8 Å². The van der Waals surface area contributed by atoms with Gasteiger partial charge in [-0.1, -0.05) is 49.8 Å². The molecule has 0 atom stereocenters. The van der Waals surface area contributed by atoms with Crippen LogP contribution in [0.4, 0.5) is 0 Å². The van der Waals surface area contributed by atoms with Crippen LogP contribution in [-0.2, 0) is 0 Å². The van der Waals surface area contributed by atoms with Crippen molar-refractivity contribution >= 4 is 6.08 Å². The molecule has 0 amide bonds. The molecule has 0 aromatic heterocycles. The van der Waals surface area contributed by atoms with E-state index in [2.05, 4.69) is 56.4 Å². The van der Waals surface area contributed by atoms with E-state index in [4.69, 9.17) is 0 Å². The number of hydrogen-bond donors (Lipinski definition) is 1. The molecule has 0 unspecified atom stereocenters. The van der Waals surface area contributed by atoms with Crippen molar-refractivity contribution in [3.63, 3.8) is 0 Å². The number of benzene rings is 1. The van der Waals surface area contributed by atoms with Crippen LogP contribution in [0.2, 0.25) is 0 Å². The normalized spacial score (nSPS) is 16.6. The van der Waals surface area contributed by atoms with Gasteiger partial charge in [0, 0.05) is 12.6 Å². The molecule has 1 aliphatic rings. The molecule has 92 valence electrons. The third-order valence-corrected chi connectivity index (χ3v) is 3.20. The molecule has 1 N–H and O–H groups in total. The first-order valence-electron chi connectivity index (χ1n) is 6.66. The zero-order valence-electron chi connectivity index (χ0n) is 11.2. The maximum Gasteiger partial charge on any atom is 0.0167 e. The molecule has 0 heterocycles. The fourth-order valence-electron chi connectivity index (χ4n) is 2.09. The van der Waals surface area contributed by atoms with Gasteiger partial charge >= 0.3 is 0 Å².